The number of hydrogen-bond donors (Lipinski definition) is 1. The Morgan fingerprint density at radius 2 is 1.95 bits per heavy atom. The first-order chi connectivity index (χ1) is 9.72. The van der Waals surface area contributed by atoms with Gasteiger partial charge in [-0.25, -0.2) is 4.98 Å². The highest BCUT2D eigenvalue weighted by atomic mass is 32.1. The molecule has 2 heterocycles. The number of nitrogens with zero attached hydrogens (tertiary/aromatic N) is 2. The quantitative estimate of drug-likeness (QED) is 0.790. The van der Waals surface area contributed by atoms with E-state index in [0.29, 0.717) is 6.04 Å². The van der Waals surface area contributed by atoms with E-state index in [2.05, 4.69) is 41.3 Å². The van der Waals surface area contributed by atoms with Crippen molar-refractivity contribution < 1.29 is 0 Å². The number of para-hydroxylation sites is 2. The van der Waals surface area contributed by atoms with Crippen LogP contribution in [0.1, 0.15) is 28.4 Å². The molecule has 0 aliphatic heterocycles. The van der Waals surface area contributed by atoms with Gasteiger partial charge < -0.3 is 5.32 Å². The van der Waals surface area contributed by atoms with E-state index < -0.39 is 0 Å². The van der Waals surface area contributed by atoms with Gasteiger partial charge in [-0.3, -0.25) is 4.98 Å². The Labute approximate surface area is 122 Å². The van der Waals surface area contributed by atoms with Crippen LogP contribution in [-0.4, -0.2) is 9.97 Å². The lowest BCUT2D eigenvalue weighted by molar-refractivity contribution is 0.575. The molecular weight excluding hydrogens is 266 g/mol. The highest BCUT2D eigenvalue weighted by Gasteiger charge is 2.07. The molecule has 3 rings (SSSR count). The first-order valence-electron chi connectivity index (χ1n) is 6.73. The van der Waals surface area contributed by atoms with Crippen molar-refractivity contribution in [1.29, 1.82) is 0 Å². The van der Waals surface area contributed by atoms with Crippen molar-refractivity contribution in [2.75, 3.05) is 0 Å². The van der Waals surface area contributed by atoms with Crippen LogP contribution in [0.3, 0.4) is 0 Å². The lowest BCUT2D eigenvalue weighted by Crippen LogP contribution is -2.18. The van der Waals surface area contributed by atoms with Gasteiger partial charge in [-0.2, -0.15) is 0 Å². The summed E-state index contributed by atoms with van der Waals surface area (Å²) in [7, 11) is 0. The van der Waals surface area contributed by atoms with Crippen molar-refractivity contribution in [3.63, 3.8) is 0 Å². The van der Waals surface area contributed by atoms with Crippen molar-refractivity contribution >= 4 is 22.4 Å². The topological polar surface area (TPSA) is 37.8 Å². The lowest BCUT2D eigenvalue weighted by atomic mass is 10.2. The van der Waals surface area contributed by atoms with E-state index in [4.69, 9.17) is 0 Å². The number of benzene rings is 1. The summed E-state index contributed by atoms with van der Waals surface area (Å²) in [6, 6.07) is 12.6. The molecule has 1 atom stereocenters. The van der Waals surface area contributed by atoms with Gasteiger partial charge in [0.1, 0.15) is 0 Å². The molecule has 0 spiro atoms. The zero-order chi connectivity index (χ0) is 13.9. The molecule has 3 aromatic rings. The van der Waals surface area contributed by atoms with E-state index >= 15 is 0 Å². The van der Waals surface area contributed by atoms with Gasteiger partial charge in [0, 0.05) is 22.3 Å². The van der Waals surface area contributed by atoms with Crippen LogP contribution in [0.25, 0.3) is 11.0 Å². The molecule has 1 aromatic carbocycles. The normalized spacial score (nSPS) is 12.7. The molecule has 0 amide bonds. The summed E-state index contributed by atoms with van der Waals surface area (Å²) in [6.07, 6.45) is 1.85. The summed E-state index contributed by atoms with van der Waals surface area (Å²) in [4.78, 5) is 11.8. The van der Waals surface area contributed by atoms with Gasteiger partial charge in [0.05, 0.1) is 22.9 Å². The summed E-state index contributed by atoms with van der Waals surface area (Å²) in [5.41, 5.74) is 2.87. The van der Waals surface area contributed by atoms with Crippen LogP contribution in [0.4, 0.5) is 0 Å². The molecule has 0 fully saturated rings. The highest BCUT2D eigenvalue weighted by Crippen LogP contribution is 2.22. The number of hydrogen-bond acceptors (Lipinski definition) is 4. The molecule has 1 unspecified atom stereocenters. The van der Waals surface area contributed by atoms with E-state index in [1.165, 1.54) is 9.75 Å². The monoisotopic (exact) mass is 283 g/mol. The maximum absolute atomic E-state index is 4.62. The van der Waals surface area contributed by atoms with E-state index in [1.807, 2.05) is 41.8 Å². The molecule has 0 saturated heterocycles. The number of fused-ring (bicyclic) bond motifs is 1. The minimum Gasteiger partial charge on any atom is -0.304 e. The molecule has 3 nitrogen and oxygen atoms in total. The molecule has 0 aliphatic rings. The second-order valence-electron chi connectivity index (χ2n) is 4.90. The van der Waals surface area contributed by atoms with Gasteiger partial charge in [0.2, 0.25) is 0 Å². The third-order valence-electron chi connectivity index (χ3n) is 3.28. The first-order valence-corrected chi connectivity index (χ1v) is 7.54. The Hall–Kier alpha value is -1.78. The van der Waals surface area contributed by atoms with Gasteiger partial charge in [0.15, 0.2) is 0 Å². The maximum atomic E-state index is 4.62. The minimum absolute atomic E-state index is 0.335. The van der Waals surface area contributed by atoms with Gasteiger partial charge in [-0.15, -0.1) is 11.3 Å². The molecular formula is C16H17N3S. The molecule has 20 heavy (non-hydrogen) atoms. The van der Waals surface area contributed by atoms with Crippen LogP contribution in [0.15, 0.2) is 42.6 Å². The van der Waals surface area contributed by atoms with Gasteiger partial charge in [0.25, 0.3) is 0 Å². The molecule has 0 radical (unpaired) electrons. The largest absolute Gasteiger partial charge is 0.304 e. The van der Waals surface area contributed by atoms with E-state index in [-0.39, 0.29) is 0 Å². The highest BCUT2D eigenvalue weighted by molar-refractivity contribution is 7.12. The van der Waals surface area contributed by atoms with Gasteiger partial charge in [-0.05, 0) is 38.1 Å². The van der Waals surface area contributed by atoms with Crippen LogP contribution < -0.4 is 5.32 Å². The average Bonchev–Trinajstić information content (AvgIpc) is 2.91. The predicted molar refractivity (Wildman–Crippen MR) is 83.8 cm³/mol. The summed E-state index contributed by atoms with van der Waals surface area (Å²) in [5, 5.41) is 3.50. The van der Waals surface area contributed by atoms with E-state index in [1.54, 1.807) is 0 Å². The summed E-state index contributed by atoms with van der Waals surface area (Å²) in [5.74, 6) is 0. The van der Waals surface area contributed by atoms with Crippen LogP contribution >= 0.6 is 11.3 Å². The van der Waals surface area contributed by atoms with Crippen molar-refractivity contribution in [2.24, 2.45) is 0 Å². The maximum Gasteiger partial charge on any atom is 0.0890 e. The number of aromatic nitrogens is 2. The molecule has 2 aromatic heterocycles. The average molecular weight is 283 g/mol. The van der Waals surface area contributed by atoms with Crippen LogP contribution in [0.5, 0.6) is 0 Å². The van der Waals surface area contributed by atoms with Crippen molar-refractivity contribution in [3.8, 4) is 0 Å². The van der Waals surface area contributed by atoms with Crippen molar-refractivity contribution in [2.45, 2.75) is 26.4 Å². The number of nitrogens with one attached hydrogen (secondary N) is 1. The van der Waals surface area contributed by atoms with Gasteiger partial charge in [-0.1, -0.05) is 12.1 Å². The zero-order valence-electron chi connectivity index (χ0n) is 11.6. The van der Waals surface area contributed by atoms with E-state index in [9.17, 15) is 0 Å². The molecule has 0 saturated carbocycles. The molecule has 0 bridgehead atoms. The van der Waals surface area contributed by atoms with Crippen molar-refractivity contribution in [3.05, 3.63) is 58.0 Å². The number of aryl methyl sites for hydroxylation is 1. The summed E-state index contributed by atoms with van der Waals surface area (Å²) >= 11 is 1.83. The second-order valence-corrected chi connectivity index (χ2v) is 6.22. The second kappa shape index (κ2) is 5.69. The van der Waals surface area contributed by atoms with Crippen LogP contribution in [0.2, 0.25) is 0 Å². The molecule has 1 N–H and O–H groups in total. The Morgan fingerprint density at radius 1 is 1.15 bits per heavy atom. The molecule has 0 aliphatic carbocycles. The van der Waals surface area contributed by atoms with Gasteiger partial charge >= 0.3 is 0 Å². The fraction of sp³-hybridized carbons (Fsp3) is 0.250. The predicted octanol–water partition coefficient (Wildman–Crippen LogP) is 3.85. The Bertz CT molecular complexity index is 720. The fourth-order valence-electron chi connectivity index (χ4n) is 2.13. The number of thiophene rings is 1. The lowest BCUT2D eigenvalue weighted by Gasteiger charge is -2.11. The SMILES string of the molecule is Cc1ccc(C(C)NCc2cnc3ccccc3n2)s1. The smallest absolute Gasteiger partial charge is 0.0890 e. The third kappa shape index (κ3) is 2.86. The summed E-state index contributed by atoms with van der Waals surface area (Å²) in [6.45, 7) is 5.05. The minimum atomic E-state index is 0.335. The fourth-order valence-corrected chi connectivity index (χ4v) is 3.03. The molecule has 102 valence electrons. The molecule has 4 heteroatoms. The van der Waals surface area contributed by atoms with E-state index in [0.717, 1.165) is 23.3 Å². The first kappa shape index (κ1) is 13.2. The van der Waals surface area contributed by atoms with Crippen molar-refractivity contribution in [1.82, 2.24) is 15.3 Å². The number of rotatable bonds is 4. The Balaban J connectivity index is 1.70. The summed E-state index contributed by atoms with van der Waals surface area (Å²) < 4.78 is 0. The van der Waals surface area contributed by atoms with Crippen LogP contribution in [0, 0.1) is 6.92 Å². The Kier molecular flexibility index (Phi) is 3.76. The third-order valence-corrected chi connectivity index (χ3v) is 4.46. The zero-order valence-corrected chi connectivity index (χ0v) is 12.4. The van der Waals surface area contributed by atoms with Crippen LogP contribution in [-0.2, 0) is 6.54 Å². The Morgan fingerprint density at radius 3 is 2.70 bits per heavy atom. The standard InChI is InChI=1S/C16H17N3S/c1-11-7-8-16(20-11)12(2)17-9-13-10-18-14-5-3-4-6-15(14)19-13/h3-8,10,12,17H,9H2,1-2H3.